The Morgan fingerprint density at radius 2 is 2.17 bits per heavy atom. The second-order valence-corrected chi connectivity index (χ2v) is 5.85. The normalized spacial score (nSPS) is 23.8. The molecule has 2 aliphatic carbocycles. The van der Waals surface area contributed by atoms with Crippen LogP contribution < -0.4 is 0 Å². The van der Waals surface area contributed by atoms with Gasteiger partial charge in [-0.2, -0.15) is 0 Å². The Hall–Kier alpha value is -0.440. The van der Waals surface area contributed by atoms with Gasteiger partial charge in [-0.25, -0.2) is 0 Å². The van der Waals surface area contributed by atoms with Gasteiger partial charge in [0.25, 0.3) is 0 Å². The molecule has 2 nitrogen and oxygen atoms in total. The van der Waals surface area contributed by atoms with E-state index in [2.05, 4.69) is 5.16 Å². The number of aromatic nitrogens is 1. The van der Waals surface area contributed by atoms with Crippen LogP contribution in [-0.4, -0.2) is 10.5 Å². The summed E-state index contributed by atoms with van der Waals surface area (Å²) in [6.07, 6.45) is 6.87. The number of rotatable bonds is 3. The van der Waals surface area contributed by atoms with Gasteiger partial charge in [-0.3, -0.25) is 0 Å². The summed E-state index contributed by atoms with van der Waals surface area (Å²) in [7, 11) is 0. The van der Waals surface area contributed by atoms with Crippen LogP contribution in [0.1, 0.15) is 42.2 Å². The van der Waals surface area contributed by atoms with Gasteiger partial charge >= 0.3 is 0 Å². The molecule has 3 rings (SSSR count). The topological polar surface area (TPSA) is 26.0 Å². The molecule has 1 aromatic rings. The number of allylic oxidation sites excluding steroid dienone is 4. The first-order chi connectivity index (χ1) is 8.72. The Morgan fingerprint density at radius 3 is 2.78 bits per heavy atom. The molecule has 1 heterocycles. The molecule has 18 heavy (non-hydrogen) atoms. The van der Waals surface area contributed by atoms with Crippen LogP contribution in [0.25, 0.3) is 5.57 Å². The van der Waals surface area contributed by atoms with Crippen LogP contribution in [0, 0.1) is 0 Å². The molecule has 1 saturated carbocycles. The molecule has 5 heteroatoms. The van der Waals surface area contributed by atoms with Crippen molar-refractivity contribution in [2.45, 2.75) is 36.4 Å². The molecular weight excluding hydrogens is 293 g/mol. The lowest BCUT2D eigenvalue weighted by molar-refractivity contribution is 0.381. The van der Waals surface area contributed by atoms with E-state index in [1.54, 1.807) is 0 Å². The summed E-state index contributed by atoms with van der Waals surface area (Å²) >= 11 is 18.6. The first kappa shape index (κ1) is 12.6. The third kappa shape index (κ3) is 2.11. The average molecular weight is 305 g/mol. The largest absolute Gasteiger partial charge is 0.360 e. The minimum Gasteiger partial charge on any atom is -0.360 e. The van der Waals surface area contributed by atoms with E-state index in [4.69, 9.17) is 39.3 Å². The van der Waals surface area contributed by atoms with Crippen LogP contribution in [0.3, 0.4) is 0 Å². The zero-order valence-electron chi connectivity index (χ0n) is 9.63. The van der Waals surface area contributed by atoms with E-state index in [-0.39, 0.29) is 5.38 Å². The Balaban J connectivity index is 2.08. The van der Waals surface area contributed by atoms with Crippen molar-refractivity contribution in [3.05, 3.63) is 34.2 Å². The predicted octanol–water partition coefficient (Wildman–Crippen LogP) is 4.81. The third-order valence-electron chi connectivity index (χ3n) is 3.33. The van der Waals surface area contributed by atoms with Crippen molar-refractivity contribution in [1.82, 2.24) is 5.16 Å². The molecule has 0 radical (unpaired) electrons. The van der Waals surface area contributed by atoms with Gasteiger partial charge in [-0.15, -0.1) is 23.2 Å². The standard InChI is InChI=1S/C13H12Cl3NO/c14-6-8-12(17-18-13(8)7-4-5-7)11-9(15)2-1-3-10(11)16/h1-2,7,10H,3-6H2. The summed E-state index contributed by atoms with van der Waals surface area (Å²) in [5, 5.41) is 4.62. The maximum atomic E-state index is 6.33. The van der Waals surface area contributed by atoms with Crippen LogP contribution in [0.2, 0.25) is 0 Å². The van der Waals surface area contributed by atoms with Crippen LogP contribution in [0.4, 0.5) is 0 Å². The second-order valence-electron chi connectivity index (χ2n) is 4.65. The quantitative estimate of drug-likeness (QED) is 0.749. The molecular formula is C13H12Cl3NO. The minimum absolute atomic E-state index is 0.165. The molecule has 0 aliphatic heterocycles. The van der Waals surface area contributed by atoms with Crippen LogP contribution >= 0.6 is 34.8 Å². The number of hydrogen-bond donors (Lipinski definition) is 0. The lowest BCUT2D eigenvalue weighted by atomic mass is 9.97. The monoisotopic (exact) mass is 303 g/mol. The average Bonchev–Trinajstić information content (AvgIpc) is 3.10. The van der Waals surface area contributed by atoms with E-state index < -0.39 is 0 Å². The van der Waals surface area contributed by atoms with E-state index in [1.165, 1.54) is 0 Å². The van der Waals surface area contributed by atoms with Crippen molar-refractivity contribution in [2.24, 2.45) is 0 Å². The van der Waals surface area contributed by atoms with Gasteiger partial charge in [-0.05, 0) is 25.3 Å². The molecule has 0 amide bonds. The van der Waals surface area contributed by atoms with Crippen molar-refractivity contribution >= 4 is 40.4 Å². The molecule has 1 fully saturated rings. The molecule has 0 N–H and O–H groups in total. The number of halogens is 3. The number of alkyl halides is 2. The second kappa shape index (κ2) is 4.92. The van der Waals surface area contributed by atoms with Gasteiger partial charge in [0.2, 0.25) is 0 Å². The highest BCUT2D eigenvalue weighted by Gasteiger charge is 2.34. The van der Waals surface area contributed by atoms with Crippen molar-refractivity contribution in [3.8, 4) is 0 Å². The Labute approximate surface area is 121 Å². The first-order valence-electron chi connectivity index (χ1n) is 5.97. The van der Waals surface area contributed by atoms with E-state index >= 15 is 0 Å². The summed E-state index contributed by atoms with van der Waals surface area (Å²) in [6.45, 7) is 0. The fraction of sp³-hybridized carbons (Fsp3) is 0.462. The summed E-state index contributed by atoms with van der Waals surface area (Å²) in [4.78, 5) is 0. The zero-order chi connectivity index (χ0) is 12.7. The number of nitrogens with zero attached hydrogens (tertiary/aromatic N) is 1. The van der Waals surface area contributed by atoms with Gasteiger partial charge in [0.05, 0.1) is 11.3 Å². The highest BCUT2D eigenvalue weighted by Crippen LogP contribution is 2.45. The van der Waals surface area contributed by atoms with E-state index in [1.807, 2.05) is 12.2 Å². The van der Waals surface area contributed by atoms with Crippen LogP contribution in [0.15, 0.2) is 21.7 Å². The van der Waals surface area contributed by atoms with Gasteiger partial charge in [0, 0.05) is 22.1 Å². The highest BCUT2D eigenvalue weighted by molar-refractivity contribution is 6.38. The first-order valence-corrected chi connectivity index (χ1v) is 7.32. The molecule has 1 aromatic heterocycles. The van der Waals surface area contributed by atoms with E-state index in [9.17, 15) is 0 Å². The van der Waals surface area contributed by atoms with E-state index in [0.717, 1.165) is 41.9 Å². The van der Waals surface area contributed by atoms with Gasteiger partial charge in [-0.1, -0.05) is 22.8 Å². The number of hydrogen-bond acceptors (Lipinski definition) is 2. The predicted molar refractivity (Wildman–Crippen MR) is 74.2 cm³/mol. The maximum absolute atomic E-state index is 6.33. The molecule has 2 aliphatic rings. The molecule has 0 spiro atoms. The molecule has 96 valence electrons. The van der Waals surface area contributed by atoms with Crippen molar-refractivity contribution in [3.63, 3.8) is 0 Å². The summed E-state index contributed by atoms with van der Waals surface area (Å²) in [5.74, 6) is 1.77. The molecule has 0 bridgehead atoms. The van der Waals surface area contributed by atoms with E-state index in [0.29, 0.717) is 16.8 Å². The molecule has 1 unspecified atom stereocenters. The molecule has 0 aromatic carbocycles. The molecule has 1 atom stereocenters. The zero-order valence-corrected chi connectivity index (χ0v) is 11.9. The maximum Gasteiger partial charge on any atom is 0.144 e. The third-order valence-corrected chi connectivity index (χ3v) is 4.33. The lowest BCUT2D eigenvalue weighted by Crippen LogP contribution is -2.08. The van der Waals surface area contributed by atoms with Crippen LogP contribution in [-0.2, 0) is 5.88 Å². The van der Waals surface area contributed by atoms with Gasteiger partial charge in [0.1, 0.15) is 11.5 Å². The smallest absolute Gasteiger partial charge is 0.144 e. The Morgan fingerprint density at radius 1 is 1.39 bits per heavy atom. The fourth-order valence-corrected chi connectivity index (χ4v) is 3.19. The lowest BCUT2D eigenvalue weighted by Gasteiger charge is -2.16. The Kier molecular flexibility index (Phi) is 3.44. The van der Waals surface area contributed by atoms with Gasteiger partial charge < -0.3 is 4.52 Å². The highest BCUT2D eigenvalue weighted by atomic mass is 35.5. The summed E-state index contributed by atoms with van der Waals surface area (Å²) in [6, 6.07) is 0. The van der Waals surface area contributed by atoms with Crippen LogP contribution in [0.5, 0.6) is 0 Å². The summed E-state index contributed by atoms with van der Waals surface area (Å²) < 4.78 is 5.45. The SMILES string of the molecule is ClCc1c(C2=C(Cl)C=CCC2Cl)noc1C1CC1. The Bertz CT molecular complexity index is 528. The fourth-order valence-electron chi connectivity index (χ4n) is 2.24. The summed E-state index contributed by atoms with van der Waals surface area (Å²) in [5.41, 5.74) is 2.53. The van der Waals surface area contributed by atoms with Crippen molar-refractivity contribution < 1.29 is 4.52 Å². The van der Waals surface area contributed by atoms with Gasteiger partial charge in [0.15, 0.2) is 0 Å². The minimum atomic E-state index is -0.165. The van der Waals surface area contributed by atoms with Crippen molar-refractivity contribution in [2.75, 3.05) is 0 Å². The molecule has 0 saturated heterocycles. The van der Waals surface area contributed by atoms with Crippen molar-refractivity contribution in [1.29, 1.82) is 0 Å².